The molecule has 0 bridgehead atoms. The van der Waals surface area contributed by atoms with Crippen LogP contribution in [-0.2, 0) is 0 Å². The summed E-state index contributed by atoms with van der Waals surface area (Å²) in [4.78, 5) is 0. The molecule has 0 radical (unpaired) electrons. The lowest BCUT2D eigenvalue weighted by molar-refractivity contribution is 0.466. The van der Waals surface area contributed by atoms with E-state index in [2.05, 4.69) is 35.5 Å². The highest BCUT2D eigenvalue weighted by Crippen LogP contribution is 2.40. The maximum absolute atomic E-state index is 10.1. The molecule has 0 aliphatic rings. The zero-order valence-corrected chi connectivity index (χ0v) is 27.7. The fourth-order valence-corrected chi connectivity index (χ4v) is 5.40. The number of phenolic OH excluding ortho intramolecular Hbond substituents is 2. The highest BCUT2D eigenvalue weighted by molar-refractivity contribution is 5.99. The second-order valence-corrected chi connectivity index (χ2v) is 11.7. The Bertz CT molecular complexity index is 2620. The van der Waals surface area contributed by atoms with Crippen LogP contribution in [0.5, 0.6) is 34.5 Å². The molecule has 0 fully saturated rings. The molecule has 0 aliphatic carbocycles. The summed E-state index contributed by atoms with van der Waals surface area (Å²) in [5.74, 6) is 21.7. The van der Waals surface area contributed by atoms with Gasteiger partial charge in [0.05, 0.1) is 28.1 Å². The van der Waals surface area contributed by atoms with Crippen LogP contribution in [0.1, 0.15) is 33.4 Å². The number of fused-ring (bicyclic) bond motifs is 1. The lowest BCUT2D eigenvalue weighted by Crippen LogP contribution is -1.99. The Morgan fingerprint density at radius 1 is 0.404 bits per heavy atom. The number of anilines is 2. The predicted octanol–water partition coefficient (Wildman–Crippen LogP) is 9.20. The molecule has 7 rings (SSSR count). The number of hydrogen-bond donors (Lipinski definition) is 4. The van der Waals surface area contributed by atoms with Crippen LogP contribution in [0.2, 0.25) is 0 Å². The molecule has 6 nitrogen and oxygen atoms in total. The second-order valence-electron chi connectivity index (χ2n) is 11.7. The van der Waals surface area contributed by atoms with E-state index in [1.807, 2.05) is 109 Å². The standard InChI is InChI=1S/C46H30N2O4/c47-40-29-35(20-25-42(40)49)51-44-27-19-34-28-45(52-36-21-26-43(50)41(48)30-36)37(22-16-31-10-4-1-5-11-31)38(23-17-32-12-6-2-7-13-32)46(34)39(44)24-18-33-14-8-3-9-15-33/h1-15,19-21,25-30,49-50H,47-48H2. The van der Waals surface area contributed by atoms with Crippen molar-refractivity contribution in [2.75, 3.05) is 11.5 Å². The number of aromatic hydroxyl groups is 2. The first kappa shape index (κ1) is 32.8. The molecule has 0 aromatic heterocycles. The van der Waals surface area contributed by atoms with Gasteiger partial charge < -0.3 is 31.2 Å². The average molecular weight is 675 g/mol. The van der Waals surface area contributed by atoms with Crippen molar-refractivity contribution in [3.05, 3.63) is 179 Å². The van der Waals surface area contributed by atoms with Gasteiger partial charge in [0.1, 0.15) is 34.5 Å². The molecule has 52 heavy (non-hydrogen) atoms. The van der Waals surface area contributed by atoms with E-state index in [0.717, 1.165) is 22.1 Å². The average Bonchev–Trinajstić information content (AvgIpc) is 3.17. The summed E-state index contributed by atoms with van der Waals surface area (Å²) in [5, 5.41) is 21.6. The second kappa shape index (κ2) is 14.8. The van der Waals surface area contributed by atoms with Crippen molar-refractivity contribution in [3.63, 3.8) is 0 Å². The van der Waals surface area contributed by atoms with Gasteiger partial charge in [0.15, 0.2) is 0 Å². The maximum Gasteiger partial charge on any atom is 0.144 e. The zero-order chi connectivity index (χ0) is 35.9. The van der Waals surface area contributed by atoms with Crippen molar-refractivity contribution in [2.24, 2.45) is 0 Å². The molecule has 0 saturated heterocycles. The first-order valence-electron chi connectivity index (χ1n) is 16.3. The Morgan fingerprint density at radius 3 is 1.33 bits per heavy atom. The van der Waals surface area contributed by atoms with Crippen LogP contribution < -0.4 is 20.9 Å². The smallest absolute Gasteiger partial charge is 0.144 e. The first-order chi connectivity index (χ1) is 25.4. The summed E-state index contributed by atoms with van der Waals surface area (Å²) in [6, 6.07) is 43.9. The number of phenols is 2. The molecule has 0 unspecified atom stereocenters. The van der Waals surface area contributed by atoms with Crippen molar-refractivity contribution in [2.45, 2.75) is 0 Å². The molecule has 0 aliphatic heterocycles. The van der Waals surface area contributed by atoms with Crippen LogP contribution >= 0.6 is 0 Å². The number of rotatable bonds is 4. The lowest BCUT2D eigenvalue weighted by Gasteiger charge is -2.16. The SMILES string of the molecule is Nc1cc(Oc2cc3ccc(Oc4ccc(O)c(N)c4)c(C#Cc4ccccc4)c3c(C#Cc3ccccc3)c2C#Cc2ccccc2)ccc1O. The molecule has 0 spiro atoms. The van der Waals surface area contributed by atoms with E-state index in [9.17, 15) is 10.2 Å². The van der Waals surface area contributed by atoms with E-state index < -0.39 is 0 Å². The van der Waals surface area contributed by atoms with Crippen molar-refractivity contribution in [1.29, 1.82) is 0 Å². The Kier molecular flexibility index (Phi) is 9.34. The fourth-order valence-electron chi connectivity index (χ4n) is 5.40. The van der Waals surface area contributed by atoms with Gasteiger partial charge in [-0.05, 0) is 78.2 Å². The number of ether oxygens (including phenoxy) is 2. The Hall–Kier alpha value is -7.72. The van der Waals surface area contributed by atoms with Crippen molar-refractivity contribution < 1.29 is 19.7 Å². The van der Waals surface area contributed by atoms with E-state index in [4.69, 9.17) is 20.9 Å². The number of benzene rings is 7. The summed E-state index contributed by atoms with van der Waals surface area (Å²) in [6.45, 7) is 0. The van der Waals surface area contributed by atoms with Crippen LogP contribution in [0.4, 0.5) is 11.4 Å². The minimum absolute atomic E-state index is 0.0435. The summed E-state index contributed by atoms with van der Waals surface area (Å²) in [6.07, 6.45) is 0. The summed E-state index contributed by atoms with van der Waals surface area (Å²) in [5.41, 5.74) is 16.5. The Labute approximate surface area is 301 Å². The Morgan fingerprint density at radius 2 is 0.846 bits per heavy atom. The molecule has 248 valence electrons. The molecular formula is C46H30N2O4. The van der Waals surface area contributed by atoms with Gasteiger partial charge in [-0.1, -0.05) is 96.2 Å². The van der Waals surface area contributed by atoms with Crippen LogP contribution in [0.25, 0.3) is 10.8 Å². The lowest BCUT2D eigenvalue weighted by atomic mass is 9.93. The third-order valence-electron chi connectivity index (χ3n) is 8.00. The summed E-state index contributed by atoms with van der Waals surface area (Å²) >= 11 is 0. The molecule has 6 heteroatoms. The normalized spacial score (nSPS) is 10.2. The van der Waals surface area contributed by atoms with E-state index in [-0.39, 0.29) is 22.9 Å². The highest BCUT2D eigenvalue weighted by Gasteiger charge is 2.19. The van der Waals surface area contributed by atoms with Gasteiger partial charge in [0.2, 0.25) is 0 Å². The fraction of sp³-hybridized carbons (Fsp3) is 0. The monoisotopic (exact) mass is 674 g/mol. The summed E-state index contributed by atoms with van der Waals surface area (Å²) < 4.78 is 12.9. The van der Waals surface area contributed by atoms with Crippen LogP contribution in [0, 0.1) is 35.5 Å². The topological polar surface area (TPSA) is 111 Å². The highest BCUT2D eigenvalue weighted by atomic mass is 16.5. The molecule has 7 aromatic rings. The van der Waals surface area contributed by atoms with Gasteiger partial charge in [0, 0.05) is 34.2 Å². The van der Waals surface area contributed by atoms with Crippen LogP contribution in [0.15, 0.2) is 146 Å². The number of hydrogen-bond acceptors (Lipinski definition) is 6. The van der Waals surface area contributed by atoms with Gasteiger partial charge in [-0.3, -0.25) is 0 Å². The molecular weight excluding hydrogens is 645 g/mol. The van der Waals surface area contributed by atoms with Gasteiger partial charge in [-0.25, -0.2) is 0 Å². The first-order valence-corrected chi connectivity index (χ1v) is 16.3. The molecule has 0 amide bonds. The van der Waals surface area contributed by atoms with E-state index >= 15 is 0 Å². The Balaban J connectivity index is 1.55. The van der Waals surface area contributed by atoms with E-state index in [0.29, 0.717) is 45.1 Å². The minimum atomic E-state index is -0.0473. The van der Waals surface area contributed by atoms with Gasteiger partial charge >= 0.3 is 0 Å². The molecule has 6 N–H and O–H groups in total. The number of nitrogen functional groups attached to an aromatic ring is 2. The largest absolute Gasteiger partial charge is 0.506 e. The third-order valence-corrected chi connectivity index (χ3v) is 8.00. The van der Waals surface area contributed by atoms with Crippen molar-refractivity contribution >= 4 is 22.1 Å². The molecule has 0 atom stereocenters. The summed E-state index contributed by atoms with van der Waals surface area (Å²) in [7, 11) is 0. The quantitative estimate of drug-likeness (QED) is 0.0842. The number of nitrogens with two attached hydrogens (primary N) is 2. The maximum atomic E-state index is 10.1. The van der Waals surface area contributed by atoms with Crippen molar-refractivity contribution in [3.8, 4) is 70.0 Å². The van der Waals surface area contributed by atoms with Gasteiger partial charge in [0.25, 0.3) is 0 Å². The van der Waals surface area contributed by atoms with E-state index in [1.165, 1.54) is 12.1 Å². The third kappa shape index (κ3) is 7.46. The van der Waals surface area contributed by atoms with Crippen LogP contribution in [-0.4, -0.2) is 10.2 Å². The zero-order valence-electron chi connectivity index (χ0n) is 27.7. The molecule has 0 saturated carbocycles. The van der Waals surface area contributed by atoms with E-state index in [1.54, 1.807) is 24.3 Å². The molecule has 0 heterocycles. The van der Waals surface area contributed by atoms with Gasteiger partial charge in [-0.2, -0.15) is 0 Å². The van der Waals surface area contributed by atoms with Crippen LogP contribution in [0.3, 0.4) is 0 Å². The minimum Gasteiger partial charge on any atom is -0.506 e. The van der Waals surface area contributed by atoms with Gasteiger partial charge in [-0.15, -0.1) is 0 Å². The molecule has 7 aromatic carbocycles. The predicted molar refractivity (Wildman–Crippen MR) is 206 cm³/mol. The van der Waals surface area contributed by atoms with Crippen molar-refractivity contribution in [1.82, 2.24) is 0 Å².